The molecule has 2 atom stereocenters. The normalized spacial score (nSPS) is 27.6. The van der Waals surface area contributed by atoms with E-state index in [-0.39, 0.29) is 0 Å². The molecule has 2 unspecified atom stereocenters. The van der Waals surface area contributed by atoms with Crippen LogP contribution in [0.4, 0.5) is 0 Å². The molecule has 0 spiro atoms. The highest BCUT2D eigenvalue weighted by Crippen LogP contribution is 2.37. The summed E-state index contributed by atoms with van der Waals surface area (Å²) in [5, 5.41) is 2.97. The number of rotatable bonds is 0. The number of hydrogen-bond acceptors (Lipinski definition) is 0. The fourth-order valence-corrected chi connectivity index (χ4v) is 3.34. The molecule has 0 nitrogen and oxygen atoms in total. The smallest absolute Gasteiger partial charge is 0.00934 e. The third-order valence-corrected chi connectivity index (χ3v) is 4.32. The zero-order valence-corrected chi connectivity index (χ0v) is 10.0. The molecular weight excluding hydrogens is 192 g/mol. The van der Waals surface area contributed by atoms with Gasteiger partial charge in [0, 0.05) is 0 Å². The lowest BCUT2D eigenvalue weighted by Gasteiger charge is -2.33. The average molecular weight is 210 g/mol. The average Bonchev–Trinajstić information content (AvgIpc) is 2.36. The molecule has 2 aliphatic carbocycles. The highest BCUT2D eigenvalue weighted by Gasteiger charge is 2.28. The summed E-state index contributed by atoms with van der Waals surface area (Å²) >= 11 is 0. The van der Waals surface area contributed by atoms with Crippen LogP contribution in [0.2, 0.25) is 0 Å². The Morgan fingerprint density at radius 2 is 1.25 bits per heavy atom. The van der Waals surface area contributed by atoms with Crippen LogP contribution in [-0.4, -0.2) is 0 Å². The van der Waals surface area contributed by atoms with Crippen LogP contribution in [0.25, 0.3) is 11.1 Å². The van der Waals surface area contributed by atoms with Gasteiger partial charge in [0.1, 0.15) is 0 Å². The largest absolute Gasteiger partial charge is 0.0879 e. The van der Waals surface area contributed by atoms with Crippen LogP contribution < -0.4 is 10.4 Å². The summed E-state index contributed by atoms with van der Waals surface area (Å²) < 4.78 is 0. The van der Waals surface area contributed by atoms with E-state index < -0.39 is 0 Å². The van der Waals surface area contributed by atoms with Gasteiger partial charge in [0.05, 0.1) is 0 Å². The third kappa shape index (κ3) is 1.29. The van der Waals surface area contributed by atoms with Crippen LogP contribution in [0.15, 0.2) is 36.4 Å². The molecule has 0 fully saturated rings. The van der Waals surface area contributed by atoms with Gasteiger partial charge in [-0.3, -0.25) is 0 Å². The van der Waals surface area contributed by atoms with Crippen LogP contribution in [0, 0.1) is 11.8 Å². The van der Waals surface area contributed by atoms with Gasteiger partial charge in [-0.25, -0.2) is 0 Å². The van der Waals surface area contributed by atoms with E-state index in [9.17, 15) is 0 Å². The Labute approximate surface area is 97.0 Å². The van der Waals surface area contributed by atoms with Crippen molar-refractivity contribution in [1.29, 1.82) is 0 Å². The summed E-state index contributed by atoms with van der Waals surface area (Å²) in [6.07, 6.45) is 7.15. The van der Waals surface area contributed by atoms with Crippen LogP contribution >= 0.6 is 0 Å². The second-order valence-electron chi connectivity index (χ2n) is 5.07. The van der Waals surface area contributed by atoms with Crippen molar-refractivity contribution in [3.05, 3.63) is 46.9 Å². The third-order valence-electron chi connectivity index (χ3n) is 4.32. The van der Waals surface area contributed by atoms with Gasteiger partial charge in [0.15, 0.2) is 0 Å². The number of hydrogen-bond donors (Lipinski definition) is 0. The lowest BCUT2D eigenvalue weighted by molar-refractivity contribution is 0.477. The first kappa shape index (κ1) is 9.89. The van der Waals surface area contributed by atoms with Crippen LogP contribution in [-0.2, 0) is 0 Å². The van der Waals surface area contributed by atoms with E-state index in [0.717, 1.165) is 11.8 Å². The summed E-state index contributed by atoms with van der Waals surface area (Å²) in [5.74, 6) is 1.50. The first-order valence-electron chi connectivity index (χ1n) is 6.20. The highest BCUT2D eigenvalue weighted by atomic mass is 14.3. The zero-order valence-electron chi connectivity index (χ0n) is 10.0. The molecule has 1 aromatic carbocycles. The zero-order chi connectivity index (χ0) is 11.1. The van der Waals surface area contributed by atoms with E-state index in [1.807, 2.05) is 0 Å². The molecule has 1 aromatic rings. The Kier molecular flexibility index (Phi) is 2.24. The summed E-state index contributed by atoms with van der Waals surface area (Å²) in [7, 11) is 0. The topological polar surface area (TPSA) is 0 Å². The highest BCUT2D eigenvalue weighted by molar-refractivity contribution is 5.60. The molecule has 0 saturated carbocycles. The fraction of sp³-hybridized carbons (Fsp3) is 0.375. The summed E-state index contributed by atoms with van der Waals surface area (Å²) in [4.78, 5) is 0. The molecule has 3 rings (SSSR count). The minimum atomic E-state index is 0.750. The molecule has 0 heterocycles. The summed E-state index contributed by atoms with van der Waals surface area (Å²) in [5.41, 5.74) is 3.19. The molecule has 0 aliphatic heterocycles. The van der Waals surface area contributed by atoms with Crippen molar-refractivity contribution < 1.29 is 0 Å². The minimum absolute atomic E-state index is 0.750. The standard InChI is InChI=1S/C16H18/c1-11-13-7-3-5-9-15(13)12(2)16-10-6-4-8-14(11)16/h3-7,9,14,16H,8,10H2,1-2H3. The molecule has 16 heavy (non-hydrogen) atoms. The SMILES string of the molecule is CC1=c2ccccc2=C(C)C2CC=CCC12. The monoisotopic (exact) mass is 210 g/mol. The maximum absolute atomic E-state index is 2.35. The van der Waals surface area contributed by atoms with Crippen molar-refractivity contribution >= 4 is 11.1 Å². The van der Waals surface area contributed by atoms with E-state index >= 15 is 0 Å². The second-order valence-corrected chi connectivity index (χ2v) is 5.07. The van der Waals surface area contributed by atoms with E-state index in [2.05, 4.69) is 50.3 Å². The van der Waals surface area contributed by atoms with E-state index in [4.69, 9.17) is 0 Å². The lowest BCUT2D eigenvalue weighted by atomic mass is 9.71. The first-order chi connectivity index (χ1) is 7.79. The maximum Gasteiger partial charge on any atom is -0.00934 e. The first-order valence-corrected chi connectivity index (χ1v) is 6.20. The number of allylic oxidation sites excluding steroid dienone is 2. The Balaban J connectivity index is 2.35. The number of benzene rings is 1. The van der Waals surface area contributed by atoms with Crippen LogP contribution in [0.3, 0.4) is 0 Å². The lowest BCUT2D eigenvalue weighted by Crippen LogP contribution is -2.39. The van der Waals surface area contributed by atoms with Crippen molar-refractivity contribution in [3.63, 3.8) is 0 Å². The summed E-state index contributed by atoms with van der Waals surface area (Å²) in [6.45, 7) is 4.64. The van der Waals surface area contributed by atoms with E-state index in [0.29, 0.717) is 0 Å². The predicted octanol–water partition coefficient (Wildman–Crippen LogP) is 2.62. The molecular formula is C16H18. The van der Waals surface area contributed by atoms with Crippen molar-refractivity contribution in [2.45, 2.75) is 26.7 Å². The molecule has 0 amide bonds. The molecule has 0 aromatic heterocycles. The second kappa shape index (κ2) is 3.62. The van der Waals surface area contributed by atoms with Gasteiger partial charge in [-0.15, -0.1) is 0 Å². The molecule has 0 N–H and O–H groups in total. The minimum Gasteiger partial charge on any atom is -0.0879 e. The van der Waals surface area contributed by atoms with Crippen molar-refractivity contribution in [1.82, 2.24) is 0 Å². The predicted molar refractivity (Wildman–Crippen MR) is 69.2 cm³/mol. The Morgan fingerprint density at radius 3 is 1.69 bits per heavy atom. The molecule has 0 bridgehead atoms. The molecule has 0 saturated heterocycles. The van der Waals surface area contributed by atoms with Gasteiger partial charge in [-0.2, -0.15) is 0 Å². The van der Waals surface area contributed by atoms with E-state index in [1.165, 1.54) is 23.3 Å². The van der Waals surface area contributed by atoms with Gasteiger partial charge in [-0.05, 0) is 49.0 Å². The van der Waals surface area contributed by atoms with Gasteiger partial charge in [-0.1, -0.05) is 47.6 Å². The molecule has 0 radical (unpaired) electrons. The molecule has 2 aliphatic rings. The van der Waals surface area contributed by atoms with Crippen molar-refractivity contribution in [2.75, 3.05) is 0 Å². The van der Waals surface area contributed by atoms with Crippen molar-refractivity contribution in [2.24, 2.45) is 11.8 Å². The molecule has 82 valence electrons. The van der Waals surface area contributed by atoms with Crippen LogP contribution in [0.5, 0.6) is 0 Å². The maximum atomic E-state index is 2.35. The fourth-order valence-electron chi connectivity index (χ4n) is 3.34. The molecule has 0 heteroatoms. The summed E-state index contributed by atoms with van der Waals surface area (Å²) in [6, 6.07) is 8.88. The van der Waals surface area contributed by atoms with Gasteiger partial charge in [0.25, 0.3) is 0 Å². The Hall–Kier alpha value is -1.30. The van der Waals surface area contributed by atoms with Gasteiger partial charge in [0.2, 0.25) is 0 Å². The van der Waals surface area contributed by atoms with E-state index in [1.54, 1.807) is 11.1 Å². The van der Waals surface area contributed by atoms with Gasteiger partial charge < -0.3 is 0 Å². The number of fused-ring (bicyclic) bond motifs is 2. The van der Waals surface area contributed by atoms with Gasteiger partial charge >= 0.3 is 0 Å². The van der Waals surface area contributed by atoms with Crippen molar-refractivity contribution in [3.8, 4) is 0 Å². The quantitative estimate of drug-likeness (QED) is 0.577. The Morgan fingerprint density at radius 1 is 0.812 bits per heavy atom. The van der Waals surface area contributed by atoms with Crippen LogP contribution in [0.1, 0.15) is 26.7 Å². The Bertz CT molecular complexity index is 509.